The molecular formula is C12H17ClFNS. The number of aromatic nitrogens is 1. The highest BCUT2D eigenvalue weighted by molar-refractivity contribution is 7.07. The molecule has 0 atom stereocenters. The Bertz CT molecular complexity index is 440. The zero-order valence-electron chi connectivity index (χ0n) is 10.3. The third-order valence-electron chi connectivity index (χ3n) is 1.68. The van der Waals surface area contributed by atoms with E-state index in [2.05, 4.69) is 4.37 Å². The number of aryl methyl sites for hydroxylation is 1. The first-order valence-corrected chi connectivity index (χ1v) is 6.54. The lowest BCUT2D eigenvalue weighted by molar-refractivity contribution is 0.630. The lowest BCUT2D eigenvalue weighted by Crippen LogP contribution is -1.76. The second-order valence-electron chi connectivity index (χ2n) is 2.52. The summed E-state index contributed by atoms with van der Waals surface area (Å²) in [6.07, 6.45) is 0. The molecule has 2 rings (SSSR count). The number of benzene rings is 1. The first kappa shape index (κ1) is 15.3. The number of halogens is 2. The Morgan fingerprint density at radius 3 is 2.31 bits per heavy atom. The molecule has 1 aromatic carbocycles. The fourth-order valence-corrected chi connectivity index (χ4v) is 2.07. The monoisotopic (exact) mass is 261 g/mol. The summed E-state index contributed by atoms with van der Waals surface area (Å²) in [7, 11) is 0. The van der Waals surface area contributed by atoms with E-state index < -0.39 is 0 Å². The highest BCUT2D eigenvalue weighted by Gasteiger charge is 2.07. The quantitative estimate of drug-likeness (QED) is 0.614. The van der Waals surface area contributed by atoms with Crippen molar-refractivity contribution in [1.29, 1.82) is 0 Å². The van der Waals surface area contributed by atoms with Gasteiger partial charge in [0.05, 0.1) is 5.02 Å². The van der Waals surface area contributed by atoms with Crippen LogP contribution in [0.15, 0.2) is 12.1 Å². The van der Waals surface area contributed by atoms with Crippen molar-refractivity contribution in [3.8, 4) is 0 Å². The standard InChI is InChI=1S/C8H5ClFNS.2C2H6/c1-4-6-2-5(10)3-7(9)8(6)11-12-4;2*1-2/h2-3H,1H3;2*1-2H3. The summed E-state index contributed by atoms with van der Waals surface area (Å²) in [5, 5.41) is 1.19. The highest BCUT2D eigenvalue weighted by Crippen LogP contribution is 2.28. The Hall–Kier alpha value is -0.670. The summed E-state index contributed by atoms with van der Waals surface area (Å²) in [5.41, 5.74) is 0.695. The topological polar surface area (TPSA) is 12.9 Å². The first-order valence-electron chi connectivity index (χ1n) is 5.39. The summed E-state index contributed by atoms with van der Waals surface area (Å²) in [6, 6.07) is 2.74. The van der Waals surface area contributed by atoms with E-state index in [1.807, 2.05) is 34.6 Å². The fraction of sp³-hybridized carbons (Fsp3) is 0.417. The normalized spacial score (nSPS) is 8.94. The largest absolute Gasteiger partial charge is 0.207 e. The van der Waals surface area contributed by atoms with Crippen LogP contribution in [0.3, 0.4) is 0 Å². The SMILES string of the molecule is CC.CC.Cc1snc2c(Cl)cc(F)cc12. The van der Waals surface area contributed by atoms with Crippen molar-refractivity contribution in [2.45, 2.75) is 34.6 Å². The molecule has 4 heteroatoms. The van der Waals surface area contributed by atoms with Crippen LogP contribution in [0.5, 0.6) is 0 Å². The maximum Gasteiger partial charge on any atom is 0.125 e. The van der Waals surface area contributed by atoms with Crippen LogP contribution in [-0.2, 0) is 0 Å². The molecule has 0 bridgehead atoms. The van der Waals surface area contributed by atoms with Crippen LogP contribution in [-0.4, -0.2) is 4.37 Å². The maximum absolute atomic E-state index is 12.8. The fourth-order valence-electron chi connectivity index (χ4n) is 1.09. The zero-order valence-corrected chi connectivity index (χ0v) is 11.8. The van der Waals surface area contributed by atoms with Gasteiger partial charge < -0.3 is 0 Å². The van der Waals surface area contributed by atoms with Crippen LogP contribution < -0.4 is 0 Å². The molecule has 1 aromatic heterocycles. The van der Waals surface area contributed by atoms with Crippen LogP contribution >= 0.6 is 23.1 Å². The van der Waals surface area contributed by atoms with Gasteiger partial charge >= 0.3 is 0 Å². The predicted molar refractivity (Wildman–Crippen MR) is 72.0 cm³/mol. The number of fused-ring (bicyclic) bond motifs is 1. The van der Waals surface area contributed by atoms with Gasteiger partial charge in [0.2, 0.25) is 0 Å². The average molecular weight is 262 g/mol. The third-order valence-corrected chi connectivity index (χ3v) is 2.74. The first-order chi connectivity index (χ1) is 7.68. The van der Waals surface area contributed by atoms with E-state index >= 15 is 0 Å². The summed E-state index contributed by atoms with van der Waals surface area (Å²) in [6.45, 7) is 9.90. The van der Waals surface area contributed by atoms with Crippen LogP contribution in [0.4, 0.5) is 4.39 Å². The van der Waals surface area contributed by atoms with Gasteiger partial charge in [-0.1, -0.05) is 39.3 Å². The van der Waals surface area contributed by atoms with Gasteiger partial charge in [-0.25, -0.2) is 4.39 Å². The van der Waals surface area contributed by atoms with Crippen molar-refractivity contribution < 1.29 is 4.39 Å². The Morgan fingerprint density at radius 2 is 1.75 bits per heavy atom. The van der Waals surface area contributed by atoms with Crippen molar-refractivity contribution in [3.05, 3.63) is 27.8 Å². The van der Waals surface area contributed by atoms with Gasteiger partial charge in [-0.15, -0.1) is 0 Å². The molecule has 0 N–H and O–H groups in total. The molecule has 0 saturated heterocycles. The minimum Gasteiger partial charge on any atom is -0.207 e. The van der Waals surface area contributed by atoms with Crippen molar-refractivity contribution in [1.82, 2.24) is 4.37 Å². The zero-order chi connectivity index (χ0) is 12.7. The summed E-state index contributed by atoms with van der Waals surface area (Å²) in [5.74, 6) is -0.309. The molecule has 0 spiro atoms. The van der Waals surface area contributed by atoms with Gasteiger partial charge in [-0.05, 0) is 30.6 Å². The molecule has 0 unspecified atom stereocenters. The summed E-state index contributed by atoms with van der Waals surface area (Å²) in [4.78, 5) is 0.992. The van der Waals surface area contributed by atoms with E-state index in [0.29, 0.717) is 10.5 Å². The maximum atomic E-state index is 12.8. The third kappa shape index (κ3) is 3.42. The van der Waals surface area contributed by atoms with E-state index in [0.717, 1.165) is 10.3 Å². The molecule has 90 valence electrons. The Balaban J connectivity index is 0.000000509. The molecule has 0 amide bonds. The minimum atomic E-state index is -0.309. The molecule has 0 fully saturated rings. The lowest BCUT2D eigenvalue weighted by Gasteiger charge is -1.93. The van der Waals surface area contributed by atoms with Crippen molar-refractivity contribution in [2.24, 2.45) is 0 Å². The van der Waals surface area contributed by atoms with Crippen LogP contribution in [0.1, 0.15) is 32.6 Å². The van der Waals surface area contributed by atoms with E-state index in [-0.39, 0.29) is 5.82 Å². The Kier molecular flexibility index (Phi) is 7.26. The molecule has 16 heavy (non-hydrogen) atoms. The summed E-state index contributed by atoms with van der Waals surface area (Å²) < 4.78 is 16.9. The number of hydrogen-bond donors (Lipinski definition) is 0. The number of nitrogens with zero attached hydrogens (tertiary/aromatic N) is 1. The number of rotatable bonds is 0. The van der Waals surface area contributed by atoms with Gasteiger partial charge in [0.25, 0.3) is 0 Å². The Labute approximate surface area is 105 Å². The molecule has 2 aromatic rings. The van der Waals surface area contributed by atoms with E-state index in [4.69, 9.17) is 11.6 Å². The smallest absolute Gasteiger partial charge is 0.125 e. The molecule has 0 saturated carbocycles. The minimum absolute atomic E-state index is 0.309. The molecule has 1 nitrogen and oxygen atoms in total. The van der Waals surface area contributed by atoms with E-state index in [1.165, 1.54) is 23.7 Å². The summed E-state index contributed by atoms with van der Waals surface area (Å²) >= 11 is 7.12. The van der Waals surface area contributed by atoms with Crippen molar-refractivity contribution >= 4 is 34.0 Å². The van der Waals surface area contributed by atoms with E-state index in [9.17, 15) is 4.39 Å². The van der Waals surface area contributed by atoms with E-state index in [1.54, 1.807) is 0 Å². The van der Waals surface area contributed by atoms with Crippen molar-refractivity contribution in [3.63, 3.8) is 0 Å². The lowest BCUT2D eigenvalue weighted by atomic mass is 10.2. The predicted octanol–water partition coefficient (Wildman–Crippen LogP) is 5.45. The second kappa shape index (κ2) is 7.58. The molecular weight excluding hydrogens is 245 g/mol. The Morgan fingerprint density at radius 1 is 1.19 bits per heavy atom. The van der Waals surface area contributed by atoms with Gasteiger partial charge in [-0.3, -0.25) is 0 Å². The molecule has 0 radical (unpaired) electrons. The second-order valence-corrected chi connectivity index (χ2v) is 3.91. The average Bonchev–Trinajstić information content (AvgIpc) is 2.67. The highest BCUT2D eigenvalue weighted by atomic mass is 35.5. The van der Waals surface area contributed by atoms with Crippen LogP contribution in [0.25, 0.3) is 10.9 Å². The molecule has 1 heterocycles. The number of hydrogen-bond acceptors (Lipinski definition) is 2. The molecule has 0 aliphatic heterocycles. The van der Waals surface area contributed by atoms with Crippen LogP contribution in [0, 0.1) is 12.7 Å². The van der Waals surface area contributed by atoms with Gasteiger partial charge in [0.1, 0.15) is 11.3 Å². The molecule has 0 aliphatic rings. The molecule has 0 aliphatic carbocycles. The van der Waals surface area contributed by atoms with Crippen molar-refractivity contribution in [2.75, 3.05) is 0 Å². The van der Waals surface area contributed by atoms with Gasteiger partial charge in [0.15, 0.2) is 0 Å². The van der Waals surface area contributed by atoms with Gasteiger partial charge in [0, 0.05) is 10.3 Å². The van der Waals surface area contributed by atoms with Gasteiger partial charge in [-0.2, -0.15) is 4.37 Å². The van der Waals surface area contributed by atoms with Crippen LogP contribution in [0.2, 0.25) is 5.02 Å².